The monoisotopic (exact) mass is 545 g/mol. The molecule has 3 unspecified atom stereocenters. The van der Waals surface area contributed by atoms with Crippen LogP contribution in [0.25, 0.3) is 10.9 Å². The number of amides is 4. The number of fused-ring (bicyclic) bond motifs is 1. The molecule has 1 heterocycles. The highest BCUT2D eigenvalue weighted by atomic mass is 16.4. The van der Waals surface area contributed by atoms with E-state index in [4.69, 9.17) is 22.9 Å². The number of carboxylic acid groups (broad SMARTS) is 1. The van der Waals surface area contributed by atoms with E-state index in [1.165, 1.54) is 0 Å². The molecule has 0 aliphatic carbocycles. The molecule has 39 heavy (non-hydrogen) atoms. The van der Waals surface area contributed by atoms with Gasteiger partial charge in [0, 0.05) is 36.5 Å². The number of para-hydroxylation sites is 1. The highest BCUT2D eigenvalue weighted by Crippen LogP contribution is 2.19. The zero-order chi connectivity index (χ0) is 28.9. The molecule has 0 saturated heterocycles. The number of aromatic amines is 1. The van der Waals surface area contributed by atoms with E-state index in [-0.39, 0.29) is 44.7 Å². The van der Waals surface area contributed by atoms with Gasteiger partial charge in [-0.15, -0.1) is 0 Å². The first kappa shape index (κ1) is 30.6. The lowest BCUT2D eigenvalue weighted by Gasteiger charge is -2.24. The molecule has 4 amide bonds. The molecule has 0 spiro atoms. The number of benzene rings is 1. The van der Waals surface area contributed by atoms with Crippen molar-refractivity contribution in [3.8, 4) is 0 Å². The summed E-state index contributed by atoms with van der Waals surface area (Å²) in [4.78, 5) is 68.3. The Morgan fingerprint density at radius 3 is 2.18 bits per heavy atom. The molecule has 0 saturated carbocycles. The van der Waals surface area contributed by atoms with Gasteiger partial charge in [-0.25, -0.2) is 4.79 Å². The Balaban J connectivity index is 2.17. The summed E-state index contributed by atoms with van der Waals surface area (Å²) >= 11 is 0. The molecule has 13 N–H and O–H groups in total. The molecular formula is C24H35N9O6. The third kappa shape index (κ3) is 9.96. The van der Waals surface area contributed by atoms with E-state index < -0.39 is 47.7 Å². The number of carbonyl (C=O) groups is 5. The number of rotatable bonds is 16. The number of nitrogens with two attached hydrogens (primary N) is 4. The van der Waals surface area contributed by atoms with Gasteiger partial charge < -0.3 is 49.0 Å². The molecule has 2 aromatic rings. The lowest BCUT2D eigenvalue weighted by atomic mass is 10.0. The molecule has 0 aliphatic rings. The molecule has 2 rings (SSSR count). The highest BCUT2D eigenvalue weighted by molar-refractivity contribution is 5.94. The van der Waals surface area contributed by atoms with Gasteiger partial charge in [-0.05, 0) is 30.9 Å². The molecule has 0 fully saturated rings. The van der Waals surface area contributed by atoms with Crippen molar-refractivity contribution >= 4 is 46.5 Å². The van der Waals surface area contributed by atoms with E-state index in [9.17, 15) is 29.1 Å². The third-order valence-corrected chi connectivity index (χ3v) is 5.81. The predicted octanol–water partition coefficient (Wildman–Crippen LogP) is -2.47. The Kier molecular flexibility index (Phi) is 11.7. The molecule has 0 bridgehead atoms. The number of nitrogens with one attached hydrogen (secondary N) is 4. The molecule has 0 radical (unpaired) electrons. The number of aliphatic imine (C=N–C) groups is 1. The number of carboxylic acids is 1. The number of hydrogen-bond donors (Lipinski definition) is 9. The average molecular weight is 546 g/mol. The Bertz CT molecular complexity index is 1210. The van der Waals surface area contributed by atoms with E-state index in [0.29, 0.717) is 12.0 Å². The minimum absolute atomic E-state index is 0.0401. The van der Waals surface area contributed by atoms with Gasteiger partial charge in [-0.1, -0.05) is 18.2 Å². The molecule has 15 heteroatoms. The van der Waals surface area contributed by atoms with Gasteiger partial charge in [0.25, 0.3) is 0 Å². The van der Waals surface area contributed by atoms with E-state index in [1.807, 2.05) is 18.2 Å². The number of hydrogen-bond acceptors (Lipinski definition) is 7. The van der Waals surface area contributed by atoms with Crippen LogP contribution in [0.1, 0.15) is 31.2 Å². The molecule has 0 aliphatic heterocycles. The molecule has 212 valence electrons. The van der Waals surface area contributed by atoms with Gasteiger partial charge in [0.05, 0.1) is 6.54 Å². The molecule has 1 aromatic heterocycles. The maximum atomic E-state index is 13.1. The Morgan fingerprint density at radius 2 is 1.56 bits per heavy atom. The van der Waals surface area contributed by atoms with E-state index in [0.717, 1.165) is 10.9 Å². The van der Waals surface area contributed by atoms with Crippen LogP contribution in [-0.4, -0.2) is 76.9 Å². The lowest BCUT2D eigenvalue weighted by Crippen LogP contribution is -2.56. The SMILES string of the molecule is NCC(=O)NC(CCCN=C(N)N)C(=O)NC(CCC(N)=O)C(=O)NC(Cc1c[nH]c2ccccc12)C(=O)O. The van der Waals surface area contributed by atoms with Crippen LogP contribution in [0.2, 0.25) is 0 Å². The topological polar surface area (TPSA) is 274 Å². The largest absolute Gasteiger partial charge is 0.480 e. The fourth-order valence-electron chi connectivity index (χ4n) is 3.85. The van der Waals surface area contributed by atoms with Crippen molar-refractivity contribution in [1.29, 1.82) is 0 Å². The van der Waals surface area contributed by atoms with Crippen LogP contribution in [0, 0.1) is 0 Å². The van der Waals surface area contributed by atoms with Gasteiger partial charge >= 0.3 is 5.97 Å². The van der Waals surface area contributed by atoms with E-state index in [1.54, 1.807) is 12.3 Å². The van der Waals surface area contributed by atoms with E-state index in [2.05, 4.69) is 25.9 Å². The minimum Gasteiger partial charge on any atom is -0.480 e. The Labute approximate surface area is 224 Å². The maximum Gasteiger partial charge on any atom is 0.326 e. The summed E-state index contributed by atoms with van der Waals surface area (Å²) in [6, 6.07) is 3.54. The summed E-state index contributed by atoms with van der Waals surface area (Å²) in [5.41, 5.74) is 22.6. The van der Waals surface area contributed by atoms with Crippen LogP contribution < -0.4 is 38.9 Å². The zero-order valence-corrected chi connectivity index (χ0v) is 21.3. The number of primary amides is 1. The van der Waals surface area contributed by atoms with Gasteiger partial charge in [0.1, 0.15) is 18.1 Å². The van der Waals surface area contributed by atoms with Gasteiger partial charge in [0.15, 0.2) is 5.96 Å². The number of guanidine groups is 1. The fraction of sp³-hybridized carbons (Fsp3) is 0.417. The molecular weight excluding hydrogens is 510 g/mol. The minimum atomic E-state index is -1.34. The summed E-state index contributed by atoms with van der Waals surface area (Å²) in [5, 5.41) is 18.0. The average Bonchev–Trinajstić information content (AvgIpc) is 3.29. The van der Waals surface area contributed by atoms with Gasteiger partial charge in [-0.3, -0.25) is 24.2 Å². The first-order chi connectivity index (χ1) is 18.5. The summed E-state index contributed by atoms with van der Waals surface area (Å²) in [6.07, 6.45) is 1.58. The highest BCUT2D eigenvalue weighted by Gasteiger charge is 2.30. The summed E-state index contributed by atoms with van der Waals surface area (Å²) in [6.45, 7) is -0.193. The first-order valence-electron chi connectivity index (χ1n) is 12.2. The van der Waals surface area contributed by atoms with Crippen molar-refractivity contribution in [3.05, 3.63) is 36.0 Å². The first-order valence-corrected chi connectivity index (χ1v) is 12.2. The normalized spacial score (nSPS) is 13.1. The van der Waals surface area contributed by atoms with Gasteiger partial charge in [0.2, 0.25) is 23.6 Å². The maximum absolute atomic E-state index is 13.1. The number of aliphatic carboxylic acids is 1. The Morgan fingerprint density at radius 1 is 0.923 bits per heavy atom. The lowest BCUT2D eigenvalue weighted by molar-refractivity contribution is -0.142. The van der Waals surface area contributed by atoms with Crippen molar-refractivity contribution in [2.24, 2.45) is 27.9 Å². The number of aromatic nitrogens is 1. The standard InChI is InChI=1S/C24H35N9O6/c25-11-20(35)31-16(6-3-9-29-24(27)28)21(36)32-17(7-8-19(26)34)22(37)33-18(23(38)39)10-13-12-30-15-5-2-1-4-14(13)15/h1-2,4-5,12,16-18,30H,3,6-11,25H2,(H2,26,34)(H,31,35)(H,32,36)(H,33,37)(H,38,39)(H4,27,28,29). The number of carbonyl (C=O) groups excluding carboxylic acids is 4. The molecule has 3 atom stereocenters. The quantitative estimate of drug-likeness (QED) is 0.0613. The molecule has 1 aromatic carbocycles. The van der Waals surface area contributed by atoms with Crippen molar-refractivity contribution in [2.75, 3.05) is 13.1 Å². The second-order valence-corrected chi connectivity index (χ2v) is 8.80. The van der Waals surface area contributed by atoms with Crippen LogP contribution in [-0.2, 0) is 30.4 Å². The van der Waals surface area contributed by atoms with E-state index >= 15 is 0 Å². The predicted molar refractivity (Wildman–Crippen MR) is 143 cm³/mol. The van der Waals surface area contributed by atoms with Crippen LogP contribution in [0.5, 0.6) is 0 Å². The van der Waals surface area contributed by atoms with Crippen molar-refractivity contribution in [1.82, 2.24) is 20.9 Å². The second-order valence-electron chi connectivity index (χ2n) is 8.80. The summed E-state index contributed by atoms with van der Waals surface area (Å²) < 4.78 is 0. The number of nitrogens with zero attached hydrogens (tertiary/aromatic N) is 1. The van der Waals surface area contributed by atoms with Crippen LogP contribution >= 0.6 is 0 Å². The number of H-pyrrole nitrogens is 1. The zero-order valence-electron chi connectivity index (χ0n) is 21.3. The second kappa shape index (κ2) is 14.9. The van der Waals surface area contributed by atoms with Crippen molar-refractivity contribution in [2.45, 2.75) is 50.2 Å². The molecule has 15 nitrogen and oxygen atoms in total. The summed E-state index contributed by atoms with van der Waals surface area (Å²) in [7, 11) is 0. The summed E-state index contributed by atoms with van der Waals surface area (Å²) in [5.74, 6) is -4.33. The smallest absolute Gasteiger partial charge is 0.326 e. The van der Waals surface area contributed by atoms with Crippen LogP contribution in [0.4, 0.5) is 0 Å². The Hall–Kier alpha value is -4.66. The van der Waals surface area contributed by atoms with Crippen LogP contribution in [0.3, 0.4) is 0 Å². The fourth-order valence-corrected chi connectivity index (χ4v) is 3.85. The van der Waals surface area contributed by atoms with Crippen LogP contribution in [0.15, 0.2) is 35.5 Å². The van der Waals surface area contributed by atoms with Crippen molar-refractivity contribution in [3.63, 3.8) is 0 Å². The third-order valence-electron chi connectivity index (χ3n) is 5.81. The van der Waals surface area contributed by atoms with Crippen molar-refractivity contribution < 1.29 is 29.1 Å². The van der Waals surface area contributed by atoms with Gasteiger partial charge in [-0.2, -0.15) is 0 Å².